The van der Waals surface area contributed by atoms with Crippen molar-refractivity contribution >= 4 is 11.9 Å². The van der Waals surface area contributed by atoms with Gasteiger partial charge in [0.05, 0.1) is 0 Å². The fraction of sp³-hybridized carbons (Fsp3) is 0.300. The van der Waals surface area contributed by atoms with Gasteiger partial charge in [-0.2, -0.15) is 0 Å². The highest BCUT2D eigenvalue weighted by atomic mass is 19.1. The quantitative estimate of drug-likeness (QED) is 0.745. The topological polar surface area (TPSA) is 110 Å². The van der Waals surface area contributed by atoms with Crippen molar-refractivity contribution in [2.24, 2.45) is 11.7 Å². The summed E-state index contributed by atoms with van der Waals surface area (Å²) in [5.74, 6) is -3.66. The SMILES string of the molecule is N[C@](CC1c2ccccc2Oc2ccccc21)(C(=O)O)C1C[C@]1(F)C(=O)O. The molecule has 0 spiro atoms. The van der Waals surface area contributed by atoms with Gasteiger partial charge in [-0.25, -0.2) is 9.18 Å². The predicted octanol–water partition coefficient (Wildman–Crippen LogP) is 2.91. The second kappa shape index (κ2) is 5.79. The summed E-state index contributed by atoms with van der Waals surface area (Å²) < 4.78 is 20.4. The Morgan fingerprint density at radius 1 is 1.11 bits per heavy atom. The predicted molar refractivity (Wildman–Crippen MR) is 93.6 cm³/mol. The summed E-state index contributed by atoms with van der Waals surface area (Å²) in [5.41, 5.74) is 3.03. The minimum Gasteiger partial charge on any atom is -0.480 e. The third-order valence-corrected chi connectivity index (χ3v) is 5.62. The Bertz CT molecular complexity index is 902. The lowest BCUT2D eigenvalue weighted by Gasteiger charge is -2.34. The summed E-state index contributed by atoms with van der Waals surface area (Å²) in [4.78, 5) is 23.2. The number of ether oxygens (including phenoxy) is 1. The van der Waals surface area contributed by atoms with E-state index in [-0.39, 0.29) is 6.42 Å². The highest BCUT2D eigenvalue weighted by Crippen LogP contribution is 2.57. The van der Waals surface area contributed by atoms with Crippen LogP contribution >= 0.6 is 0 Å². The molecule has 1 fully saturated rings. The molecule has 1 aliphatic heterocycles. The van der Waals surface area contributed by atoms with Gasteiger partial charge in [0, 0.05) is 29.4 Å². The van der Waals surface area contributed by atoms with E-state index in [9.17, 15) is 19.1 Å². The maximum Gasteiger partial charge on any atom is 0.341 e. The highest BCUT2D eigenvalue weighted by Gasteiger charge is 2.71. The average Bonchev–Trinajstić information content (AvgIpc) is 3.35. The minimum atomic E-state index is -2.60. The summed E-state index contributed by atoms with van der Waals surface area (Å²) in [7, 11) is 0. The number of carbonyl (C=O) groups is 2. The highest BCUT2D eigenvalue weighted by molar-refractivity contribution is 5.88. The maximum atomic E-state index is 14.5. The largest absolute Gasteiger partial charge is 0.480 e. The second-order valence-corrected chi connectivity index (χ2v) is 7.20. The van der Waals surface area contributed by atoms with Crippen LogP contribution in [0.15, 0.2) is 48.5 Å². The maximum absolute atomic E-state index is 14.5. The van der Waals surface area contributed by atoms with Gasteiger partial charge in [-0.3, -0.25) is 4.79 Å². The van der Waals surface area contributed by atoms with Gasteiger partial charge in [-0.15, -0.1) is 0 Å². The van der Waals surface area contributed by atoms with Crippen LogP contribution in [0, 0.1) is 5.92 Å². The van der Waals surface area contributed by atoms with Crippen LogP contribution in [-0.2, 0) is 9.59 Å². The summed E-state index contributed by atoms with van der Waals surface area (Å²) in [6.45, 7) is 0. The summed E-state index contributed by atoms with van der Waals surface area (Å²) in [6.07, 6.45) is -0.541. The molecule has 7 heteroatoms. The fourth-order valence-corrected chi connectivity index (χ4v) is 4.01. The first-order valence-corrected chi connectivity index (χ1v) is 8.57. The van der Waals surface area contributed by atoms with Gasteiger partial charge < -0.3 is 20.7 Å². The first-order valence-electron chi connectivity index (χ1n) is 8.57. The molecule has 140 valence electrons. The van der Waals surface area contributed by atoms with Gasteiger partial charge in [0.25, 0.3) is 0 Å². The molecule has 4 N–H and O–H groups in total. The Morgan fingerprint density at radius 2 is 1.63 bits per heavy atom. The zero-order chi connectivity index (χ0) is 19.4. The van der Waals surface area contributed by atoms with Gasteiger partial charge in [0.15, 0.2) is 0 Å². The van der Waals surface area contributed by atoms with Crippen LogP contribution in [0.25, 0.3) is 0 Å². The number of carboxylic acid groups (broad SMARTS) is 2. The normalized spacial score (nSPS) is 25.5. The van der Waals surface area contributed by atoms with Crippen LogP contribution in [0.3, 0.4) is 0 Å². The van der Waals surface area contributed by atoms with Gasteiger partial charge in [-0.1, -0.05) is 36.4 Å². The molecular weight excluding hydrogens is 353 g/mol. The van der Waals surface area contributed by atoms with Crippen molar-refractivity contribution in [3.63, 3.8) is 0 Å². The Kier molecular flexibility index (Phi) is 3.75. The monoisotopic (exact) mass is 371 g/mol. The number of hydrogen-bond donors (Lipinski definition) is 3. The first-order chi connectivity index (χ1) is 12.8. The fourth-order valence-electron chi connectivity index (χ4n) is 4.01. The van der Waals surface area contributed by atoms with Crippen LogP contribution in [0.1, 0.15) is 29.9 Å². The molecule has 0 radical (unpaired) electrons. The summed E-state index contributed by atoms with van der Waals surface area (Å²) in [6, 6.07) is 14.4. The lowest BCUT2D eigenvalue weighted by Crippen LogP contribution is -2.53. The molecule has 2 aromatic rings. The molecule has 0 amide bonds. The number of aliphatic carboxylic acids is 2. The van der Waals surface area contributed by atoms with E-state index in [0.717, 1.165) is 11.1 Å². The molecule has 4 rings (SSSR count). The third kappa shape index (κ3) is 2.57. The molecular formula is C20H18FNO5. The number of carboxylic acids is 2. The molecule has 1 saturated carbocycles. The minimum absolute atomic E-state index is 0.136. The van der Waals surface area contributed by atoms with Crippen molar-refractivity contribution in [2.75, 3.05) is 0 Å². The molecule has 0 aromatic heterocycles. The lowest BCUT2D eigenvalue weighted by atomic mass is 9.76. The van der Waals surface area contributed by atoms with Crippen molar-refractivity contribution in [1.82, 2.24) is 0 Å². The van der Waals surface area contributed by atoms with Gasteiger partial charge >= 0.3 is 11.9 Å². The van der Waals surface area contributed by atoms with Crippen LogP contribution < -0.4 is 10.5 Å². The van der Waals surface area contributed by atoms with Crippen LogP contribution in [0.4, 0.5) is 4.39 Å². The van der Waals surface area contributed by atoms with E-state index in [1.165, 1.54) is 0 Å². The Hall–Kier alpha value is -2.93. The van der Waals surface area contributed by atoms with Crippen LogP contribution in [-0.4, -0.2) is 33.4 Å². The number of nitrogens with two attached hydrogens (primary N) is 1. The summed E-state index contributed by atoms with van der Waals surface area (Å²) in [5, 5.41) is 18.9. The number of para-hydroxylation sites is 2. The molecule has 0 saturated heterocycles. The van der Waals surface area contributed by atoms with E-state index in [4.69, 9.17) is 15.6 Å². The van der Waals surface area contributed by atoms with Crippen LogP contribution in [0.2, 0.25) is 0 Å². The molecule has 27 heavy (non-hydrogen) atoms. The molecule has 3 atom stereocenters. The van der Waals surface area contributed by atoms with Crippen LogP contribution in [0.5, 0.6) is 11.5 Å². The number of halogens is 1. The molecule has 6 nitrogen and oxygen atoms in total. The van der Waals surface area contributed by atoms with E-state index in [1.54, 1.807) is 36.4 Å². The van der Waals surface area contributed by atoms with Crippen molar-refractivity contribution in [1.29, 1.82) is 0 Å². The van der Waals surface area contributed by atoms with Gasteiger partial charge in [0.1, 0.15) is 17.0 Å². The van der Waals surface area contributed by atoms with E-state index in [1.807, 2.05) is 12.1 Å². The Labute approximate surface area is 154 Å². The van der Waals surface area contributed by atoms with Crippen molar-refractivity contribution in [2.45, 2.75) is 30.0 Å². The number of rotatable bonds is 5. The molecule has 2 aromatic carbocycles. The van der Waals surface area contributed by atoms with E-state index in [0.29, 0.717) is 11.5 Å². The van der Waals surface area contributed by atoms with Crippen molar-refractivity contribution < 1.29 is 28.9 Å². The Balaban J connectivity index is 1.77. The summed E-state index contributed by atoms with van der Waals surface area (Å²) >= 11 is 0. The van der Waals surface area contributed by atoms with Gasteiger partial charge in [0.2, 0.25) is 5.67 Å². The number of fused-ring (bicyclic) bond motifs is 2. The number of benzene rings is 2. The van der Waals surface area contributed by atoms with E-state index in [2.05, 4.69) is 0 Å². The molecule has 1 unspecified atom stereocenters. The molecule has 1 heterocycles. The molecule has 0 bridgehead atoms. The Morgan fingerprint density at radius 3 is 2.07 bits per heavy atom. The average molecular weight is 371 g/mol. The zero-order valence-corrected chi connectivity index (χ0v) is 14.3. The van der Waals surface area contributed by atoms with Gasteiger partial charge in [-0.05, 0) is 18.6 Å². The number of alkyl halides is 1. The van der Waals surface area contributed by atoms with E-state index < -0.39 is 41.4 Å². The lowest BCUT2D eigenvalue weighted by molar-refractivity contribution is -0.149. The zero-order valence-electron chi connectivity index (χ0n) is 14.3. The molecule has 1 aliphatic carbocycles. The van der Waals surface area contributed by atoms with Crippen molar-refractivity contribution in [3.8, 4) is 11.5 Å². The smallest absolute Gasteiger partial charge is 0.341 e. The number of hydrogen-bond acceptors (Lipinski definition) is 4. The molecule has 2 aliphatic rings. The van der Waals surface area contributed by atoms with E-state index >= 15 is 0 Å². The standard InChI is InChI=1S/C20H18FNO5/c21-19(17(23)24)10-16(19)20(22,18(25)26)9-13-11-5-1-3-7-14(11)27-15-8-4-2-6-12(13)15/h1-8,13,16H,9-10,22H2,(H,23,24)(H,25,26)/t16?,19-,20+/m1/s1. The first kappa shape index (κ1) is 17.5. The third-order valence-electron chi connectivity index (χ3n) is 5.62. The second-order valence-electron chi connectivity index (χ2n) is 7.20. The van der Waals surface area contributed by atoms with Crippen molar-refractivity contribution in [3.05, 3.63) is 59.7 Å².